The van der Waals surface area contributed by atoms with Crippen LogP contribution in [0.1, 0.15) is 22.3 Å². The molecule has 0 spiro atoms. The number of hydrogen-bond acceptors (Lipinski definition) is 3. The smallest absolute Gasteiger partial charge is 0.257 e. The van der Waals surface area contributed by atoms with Crippen molar-refractivity contribution in [2.45, 2.75) is 19.4 Å². The van der Waals surface area contributed by atoms with Crippen molar-refractivity contribution in [1.82, 2.24) is 4.90 Å². The Morgan fingerprint density at radius 2 is 1.96 bits per heavy atom. The second-order valence-electron chi connectivity index (χ2n) is 6.38. The summed E-state index contributed by atoms with van der Waals surface area (Å²) in [6, 6.07) is 11.2. The highest BCUT2D eigenvalue weighted by molar-refractivity contribution is 6.23. The molecule has 0 bridgehead atoms. The number of rotatable bonds is 5. The Morgan fingerprint density at radius 3 is 2.59 bits per heavy atom. The lowest BCUT2D eigenvalue weighted by atomic mass is 10.1. The van der Waals surface area contributed by atoms with Gasteiger partial charge in [-0.1, -0.05) is 23.8 Å². The van der Waals surface area contributed by atoms with E-state index in [1.54, 1.807) is 18.2 Å². The first-order chi connectivity index (χ1) is 12.9. The first-order valence-corrected chi connectivity index (χ1v) is 8.53. The Balaban J connectivity index is 1.91. The normalized spacial score (nSPS) is 16.5. The van der Waals surface area contributed by atoms with Crippen LogP contribution in [0.2, 0.25) is 0 Å². The van der Waals surface area contributed by atoms with E-state index in [2.05, 4.69) is 6.58 Å². The van der Waals surface area contributed by atoms with Crippen molar-refractivity contribution in [2.24, 2.45) is 0 Å². The molecule has 0 aliphatic carbocycles. The van der Waals surface area contributed by atoms with Crippen LogP contribution in [0.5, 0.6) is 0 Å². The second-order valence-corrected chi connectivity index (χ2v) is 6.38. The first kappa shape index (κ1) is 18.5. The third-order valence-electron chi connectivity index (χ3n) is 4.44. The molecule has 0 aromatic heterocycles. The summed E-state index contributed by atoms with van der Waals surface area (Å²) in [5.41, 5.74) is 1.65. The van der Waals surface area contributed by atoms with E-state index in [4.69, 9.17) is 0 Å². The summed E-state index contributed by atoms with van der Waals surface area (Å²) in [7, 11) is 0. The molecule has 1 atom stereocenters. The number of nitrogens with zero attached hydrogens (tertiary/aromatic N) is 2. The largest absolute Gasteiger partial charge is 0.322 e. The van der Waals surface area contributed by atoms with Crippen LogP contribution < -0.4 is 4.90 Å². The number of aryl methyl sites for hydroxylation is 1. The van der Waals surface area contributed by atoms with Gasteiger partial charge in [-0.3, -0.25) is 14.4 Å². The molecular formula is C21H19FN2O3. The van der Waals surface area contributed by atoms with E-state index in [1.165, 1.54) is 35.2 Å². The molecule has 0 N–H and O–H groups in total. The van der Waals surface area contributed by atoms with Crippen LogP contribution in [-0.2, 0) is 9.59 Å². The molecule has 6 heteroatoms. The lowest BCUT2D eigenvalue weighted by Crippen LogP contribution is -2.45. The Hall–Kier alpha value is -3.28. The number of halogens is 1. The van der Waals surface area contributed by atoms with Gasteiger partial charge < -0.3 is 4.90 Å². The zero-order valence-corrected chi connectivity index (χ0v) is 14.9. The van der Waals surface area contributed by atoms with Crippen LogP contribution in [-0.4, -0.2) is 35.2 Å². The average molecular weight is 366 g/mol. The predicted molar refractivity (Wildman–Crippen MR) is 99.7 cm³/mol. The van der Waals surface area contributed by atoms with Gasteiger partial charge in [-0.25, -0.2) is 9.29 Å². The number of hydrogen-bond donors (Lipinski definition) is 0. The zero-order valence-electron chi connectivity index (χ0n) is 14.9. The second kappa shape index (κ2) is 7.53. The fraction of sp³-hybridized carbons (Fsp3) is 0.190. The summed E-state index contributed by atoms with van der Waals surface area (Å²) in [5, 5.41) is 0. The van der Waals surface area contributed by atoms with E-state index in [1.807, 2.05) is 13.0 Å². The maximum Gasteiger partial charge on any atom is 0.257 e. The Morgan fingerprint density at radius 1 is 1.26 bits per heavy atom. The van der Waals surface area contributed by atoms with Crippen molar-refractivity contribution in [3.05, 3.63) is 78.1 Å². The Bertz CT molecular complexity index is 908. The summed E-state index contributed by atoms with van der Waals surface area (Å²) in [6.45, 7) is 5.65. The molecule has 27 heavy (non-hydrogen) atoms. The summed E-state index contributed by atoms with van der Waals surface area (Å²) in [5.74, 6) is -1.74. The number of carbonyl (C=O) groups is 3. The van der Waals surface area contributed by atoms with Crippen molar-refractivity contribution < 1.29 is 18.8 Å². The summed E-state index contributed by atoms with van der Waals surface area (Å²) in [6.07, 6.45) is 1.40. The van der Waals surface area contributed by atoms with Crippen molar-refractivity contribution in [3.63, 3.8) is 0 Å². The van der Waals surface area contributed by atoms with Gasteiger partial charge in [0.2, 0.25) is 5.91 Å². The van der Waals surface area contributed by atoms with E-state index in [9.17, 15) is 18.8 Å². The molecule has 2 aromatic rings. The van der Waals surface area contributed by atoms with Crippen LogP contribution in [0.3, 0.4) is 0 Å². The topological polar surface area (TPSA) is 57.7 Å². The number of imide groups is 1. The van der Waals surface area contributed by atoms with Crippen LogP contribution in [0, 0.1) is 12.7 Å². The molecular weight excluding hydrogens is 347 g/mol. The third kappa shape index (κ3) is 3.65. The highest BCUT2D eigenvalue weighted by Gasteiger charge is 2.44. The zero-order chi connectivity index (χ0) is 19.6. The van der Waals surface area contributed by atoms with Gasteiger partial charge in [0.25, 0.3) is 11.8 Å². The number of anilines is 1. The lowest BCUT2D eigenvalue weighted by Gasteiger charge is -2.26. The van der Waals surface area contributed by atoms with Crippen molar-refractivity contribution in [1.29, 1.82) is 0 Å². The highest BCUT2D eigenvalue weighted by Crippen LogP contribution is 2.27. The van der Waals surface area contributed by atoms with Crippen LogP contribution in [0.15, 0.2) is 61.2 Å². The van der Waals surface area contributed by atoms with Gasteiger partial charge in [0.05, 0.1) is 12.1 Å². The molecule has 0 saturated carbocycles. The van der Waals surface area contributed by atoms with Gasteiger partial charge in [-0.05, 0) is 43.3 Å². The van der Waals surface area contributed by atoms with Gasteiger partial charge >= 0.3 is 0 Å². The molecule has 1 saturated heterocycles. The van der Waals surface area contributed by atoms with Gasteiger partial charge in [0.1, 0.15) is 11.9 Å². The third-order valence-corrected chi connectivity index (χ3v) is 4.44. The Kier molecular flexibility index (Phi) is 5.16. The summed E-state index contributed by atoms with van der Waals surface area (Å²) >= 11 is 0. The SMILES string of the molecule is C=CCN(C(=O)c1cccc(C)c1)C1CC(=O)N(c2ccc(F)cc2)C1=O. The molecule has 5 nitrogen and oxygen atoms in total. The van der Waals surface area contributed by atoms with E-state index < -0.39 is 23.7 Å². The number of carbonyl (C=O) groups excluding carboxylic acids is 3. The first-order valence-electron chi connectivity index (χ1n) is 8.53. The molecule has 3 rings (SSSR count). The quantitative estimate of drug-likeness (QED) is 0.604. The minimum Gasteiger partial charge on any atom is -0.322 e. The Labute approximate surface area is 156 Å². The van der Waals surface area contributed by atoms with E-state index in [-0.39, 0.29) is 24.6 Å². The fourth-order valence-corrected chi connectivity index (χ4v) is 3.16. The summed E-state index contributed by atoms with van der Waals surface area (Å²) in [4.78, 5) is 40.7. The van der Waals surface area contributed by atoms with Crippen molar-refractivity contribution in [3.8, 4) is 0 Å². The van der Waals surface area contributed by atoms with Crippen LogP contribution in [0.4, 0.5) is 10.1 Å². The van der Waals surface area contributed by atoms with Gasteiger partial charge in [0.15, 0.2) is 0 Å². The van der Waals surface area contributed by atoms with E-state index in [0.29, 0.717) is 5.56 Å². The van der Waals surface area contributed by atoms with Gasteiger partial charge in [-0.2, -0.15) is 0 Å². The molecule has 1 fully saturated rings. The maximum atomic E-state index is 13.1. The number of amides is 3. The lowest BCUT2D eigenvalue weighted by molar-refractivity contribution is -0.122. The molecule has 1 unspecified atom stereocenters. The molecule has 138 valence electrons. The van der Waals surface area contributed by atoms with Crippen molar-refractivity contribution >= 4 is 23.4 Å². The minimum absolute atomic E-state index is 0.123. The number of benzene rings is 2. The van der Waals surface area contributed by atoms with Crippen LogP contribution >= 0.6 is 0 Å². The summed E-state index contributed by atoms with van der Waals surface area (Å²) < 4.78 is 13.1. The minimum atomic E-state index is -0.923. The molecule has 0 radical (unpaired) electrons. The van der Waals surface area contributed by atoms with Gasteiger partial charge in [-0.15, -0.1) is 6.58 Å². The monoisotopic (exact) mass is 366 g/mol. The highest BCUT2D eigenvalue weighted by atomic mass is 19.1. The van der Waals surface area contributed by atoms with Gasteiger partial charge in [0, 0.05) is 12.1 Å². The molecule has 2 aromatic carbocycles. The maximum absolute atomic E-state index is 13.1. The van der Waals surface area contributed by atoms with E-state index >= 15 is 0 Å². The molecule has 1 aliphatic rings. The molecule has 1 aliphatic heterocycles. The average Bonchev–Trinajstić information content (AvgIpc) is 2.94. The predicted octanol–water partition coefficient (Wildman–Crippen LogP) is 3.09. The van der Waals surface area contributed by atoms with E-state index in [0.717, 1.165) is 10.5 Å². The fourth-order valence-electron chi connectivity index (χ4n) is 3.16. The van der Waals surface area contributed by atoms with Crippen molar-refractivity contribution in [2.75, 3.05) is 11.4 Å². The molecule has 3 amide bonds. The molecule has 1 heterocycles. The standard InChI is InChI=1S/C21H19FN2O3/c1-3-11-23(20(26)15-6-4-5-14(2)12-15)18-13-19(25)24(21(18)27)17-9-7-16(22)8-10-17/h3-10,12,18H,1,11,13H2,2H3. The van der Waals surface area contributed by atoms with Crippen LogP contribution in [0.25, 0.3) is 0 Å².